The highest BCUT2D eigenvalue weighted by molar-refractivity contribution is 7.07. The van der Waals surface area contributed by atoms with E-state index in [2.05, 4.69) is 5.32 Å². The lowest BCUT2D eigenvalue weighted by atomic mass is 10.1. The summed E-state index contributed by atoms with van der Waals surface area (Å²) >= 11 is 1.53. The molecular weight excluding hydrogens is 258 g/mol. The number of aryl methyl sites for hydroxylation is 1. The Hall–Kier alpha value is -1.65. The van der Waals surface area contributed by atoms with Gasteiger partial charge in [0.05, 0.1) is 12.5 Å². The molecule has 2 rings (SSSR count). The third-order valence-electron chi connectivity index (χ3n) is 2.87. The fourth-order valence-electron chi connectivity index (χ4n) is 1.86. The van der Waals surface area contributed by atoms with Crippen molar-refractivity contribution in [1.29, 1.82) is 0 Å². The maximum Gasteiger partial charge on any atom is 0.224 e. The minimum Gasteiger partial charge on any atom is -0.387 e. The van der Waals surface area contributed by atoms with Crippen LogP contribution in [0.15, 0.2) is 41.1 Å². The smallest absolute Gasteiger partial charge is 0.224 e. The second-order valence-corrected chi connectivity index (χ2v) is 5.32. The van der Waals surface area contributed by atoms with Crippen LogP contribution in [0.1, 0.15) is 22.8 Å². The van der Waals surface area contributed by atoms with E-state index in [0.717, 1.165) is 16.7 Å². The minimum atomic E-state index is -0.632. The van der Waals surface area contributed by atoms with Gasteiger partial charge in [-0.3, -0.25) is 4.79 Å². The highest BCUT2D eigenvalue weighted by Gasteiger charge is 2.10. The average Bonchev–Trinajstić information content (AvgIpc) is 2.90. The van der Waals surface area contributed by atoms with Crippen LogP contribution in [0.2, 0.25) is 0 Å². The lowest BCUT2D eigenvalue weighted by molar-refractivity contribution is -0.120. The molecule has 19 heavy (non-hydrogen) atoms. The molecule has 1 aromatic carbocycles. The average molecular weight is 275 g/mol. The maximum atomic E-state index is 11.8. The van der Waals surface area contributed by atoms with Gasteiger partial charge in [-0.1, -0.05) is 29.8 Å². The molecule has 100 valence electrons. The van der Waals surface area contributed by atoms with Crippen LogP contribution in [0, 0.1) is 6.92 Å². The molecular formula is C15H17NO2S. The number of carbonyl (C=O) groups excluding carboxylic acids is 1. The first-order valence-electron chi connectivity index (χ1n) is 6.17. The molecule has 2 N–H and O–H groups in total. The maximum absolute atomic E-state index is 11.8. The molecule has 2 aromatic rings. The Balaban J connectivity index is 1.82. The van der Waals surface area contributed by atoms with Gasteiger partial charge in [0.1, 0.15) is 0 Å². The lowest BCUT2D eigenvalue weighted by Gasteiger charge is -2.10. The van der Waals surface area contributed by atoms with Crippen LogP contribution in [0.3, 0.4) is 0 Å². The number of aliphatic hydroxyl groups is 1. The van der Waals surface area contributed by atoms with Gasteiger partial charge in [0.2, 0.25) is 5.91 Å². The molecule has 0 aliphatic heterocycles. The van der Waals surface area contributed by atoms with Gasteiger partial charge >= 0.3 is 0 Å². The first-order chi connectivity index (χ1) is 9.15. The van der Waals surface area contributed by atoms with E-state index in [4.69, 9.17) is 0 Å². The van der Waals surface area contributed by atoms with E-state index >= 15 is 0 Å². The summed E-state index contributed by atoms with van der Waals surface area (Å²) in [4.78, 5) is 11.8. The van der Waals surface area contributed by atoms with Crippen LogP contribution in [0.25, 0.3) is 0 Å². The third kappa shape index (κ3) is 4.19. The summed E-state index contributed by atoms with van der Waals surface area (Å²) in [5.41, 5.74) is 2.98. The molecule has 0 bridgehead atoms. The van der Waals surface area contributed by atoms with E-state index in [9.17, 15) is 9.90 Å². The molecule has 1 atom stereocenters. The first kappa shape index (κ1) is 13.8. The van der Waals surface area contributed by atoms with E-state index in [1.54, 1.807) is 0 Å². The highest BCUT2D eigenvalue weighted by atomic mass is 32.1. The number of aliphatic hydroxyl groups excluding tert-OH is 1. The summed E-state index contributed by atoms with van der Waals surface area (Å²) in [5.74, 6) is -0.0696. The second-order valence-electron chi connectivity index (χ2n) is 4.54. The lowest BCUT2D eigenvalue weighted by Crippen LogP contribution is -2.29. The van der Waals surface area contributed by atoms with E-state index in [1.807, 2.05) is 48.0 Å². The molecule has 1 amide bonds. The van der Waals surface area contributed by atoms with Gasteiger partial charge in [0, 0.05) is 6.54 Å². The summed E-state index contributed by atoms with van der Waals surface area (Å²) in [6.07, 6.45) is -0.286. The van der Waals surface area contributed by atoms with Crippen molar-refractivity contribution in [3.8, 4) is 0 Å². The molecule has 1 aromatic heterocycles. The molecule has 0 radical (unpaired) electrons. The molecule has 0 aliphatic carbocycles. The molecule has 3 nitrogen and oxygen atoms in total. The number of carbonyl (C=O) groups is 1. The van der Waals surface area contributed by atoms with E-state index < -0.39 is 6.10 Å². The second kappa shape index (κ2) is 6.50. The normalized spacial score (nSPS) is 12.1. The monoisotopic (exact) mass is 275 g/mol. The van der Waals surface area contributed by atoms with Crippen molar-refractivity contribution in [1.82, 2.24) is 5.32 Å². The molecule has 4 heteroatoms. The van der Waals surface area contributed by atoms with Gasteiger partial charge < -0.3 is 10.4 Å². The van der Waals surface area contributed by atoms with Crippen molar-refractivity contribution in [3.05, 3.63) is 57.8 Å². The predicted molar refractivity (Wildman–Crippen MR) is 77.2 cm³/mol. The Morgan fingerprint density at radius 1 is 1.42 bits per heavy atom. The Labute approximate surface area is 116 Å². The molecule has 0 unspecified atom stereocenters. The SMILES string of the molecule is Cc1cccc(CC(=O)NC[C@@H](O)c2ccsc2)c1. The third-order valence-corrected chi connectivity index (χ3v) is 3.57. The highest BCUT2D eigenvalue weighted by Crippen LogP contribution is 2.15. The van der Waals surface area contributed by atoms with Gasteiger partial charge in [0.25, 0.3) is 0 Å². The molecule has 0 aliphatic rings. The van der Waals surface area contributed by atoms with Crippen molar-refractivity contribution in [2.24, 2.45) is 0 Å². The van der Waals surface area contributed by atoms with Gasteiger partial charge in [-0.05, 0) is 34.9 Å². The number of amides is 1. The van der Waals surface area contributed by atoms with Crippen molar-refractivity contribution < 1.29 is 9.90 Å². The topological polar surface area (TPSA) is 49.3 Å². The van der Waals surface area contributed by atoms with Crippen molar-refractivity contribution >= 4 is 17.2 Å². The molecule has 0 saturated heterocycles. The van der Waals surface area contributed by atoms with E-state index in [-0.39, 0.29) is 12.5 Å². The fraction of sp³-hybridized carbons (Fsp3) is 0.267. The summed E-state index contributed by atoms with van der Waals surface area (Å²) in [7, 11) is 0. The Morgan fingerprint density at radius 3 is 2.95 bits per heavy atom. The van der Waals surface area contributed by atoms with Crippen LogP contribution in [-0.4, -0.2) is 17.6 Å². The largest absolute Gasteiger partial charge is 0.387 e. The minimum absolute atomic E-state index is 0.0696. The number of hydrogen-bond acceptors (Lipinski definition) is 3. The molecule has 0 saturated carbocycles. The Bertz CT molecular complexity index is 537. The standard InChI is InChI=1S/C15H17NO2S/c1-11-3-2-4-12(7-11)8-15(18)16-9-14(17)13-5-6-19-10-13/h2-7,10,14,17H,8-9H2,1H3,(H,16,18)/t14-/m1/s1. The zero-order valence-corrected chi connectivity index (χ0v) is 11.6. The molecule has 0 spiro atoms. The Morgan fingerprint density at radius 2 is 2.26 bits per heavy atom. The van der Waals surface area contributed by atoms with E-state index in [0.29, 0.717) is 6.42 Å². The van der Waals surface area contributed by atoms with Crippen LogP contribution < -0.4 is 5.32 Å². The summed E-state index contributed by atoms with van der Waals surface area (Å²) in [6, 6.07) is 9.73. The van der Waals surface area contributed by atoms with Crippen LogP contribution >= 0.6 is 11.3 Å². The number of hydrogen-bond donors (Lipinski definition) is 2. The van der Waals surface area contributed by atoms with E-state index in [1.165, 1.54) is 11.3 Å². The van der Waals surface area contributed by atoms with Gasteiger partial charge in [-0.25, -0.2) is 0 Å². The van der Waals surface area contributed by atoms with Crippen molar-refractivity contribution in [3.63, 3.8) is 0 Å². The predicted octanol–water partition coefficient (Wildman–Crippen LogP) is 2.45. The van der Waals surface area contributed by atoms with Crippen molar-refractivity contribution in [2.75, 3.05) is 6.54 Å². The first-order valence-corrected chi connectivity index (χ1v) is 7.12. The summed E-state index contributed by atoms with van der Waals surface area (Å²) in [6.45, 7) is 2.25. The van der Waals surface area contributed by atoms with Gasteiger partial charge in [-0.15, -0.1) is 0 Å². The molecule has 1 heterocycles. The molecule has 0 fully saturated rings. The van der Waals surface area contributed by atoms with Crippen molar-refractivity contribution in [2.45, 2.75) is 19.4 Å². The zero-order chi connectivity index (χ0) is 13.7. The summed E-state index contributed by atoms with van der Waals surface area (Å²) in [5, 5.41) is 16.4. The number of rotatable bonds is 5. The van der Waals surface area contributed by atoms with Crippen LogP contribution in [0.5, 0.6) is 0 Å². The fourth-order valence-corrected chi connectivity index (χ4v) is 2.57. The quantitative estimate of drug-likeness (QED) is 0.880. The van der Waals surface area contributed by atoms with Crippen LogP contribution in [0.4, 0.5) is 0 Å². The number of thiophene rings is 1. The number of nitrogens with one attached hydrogen (secondary N) is 1. The summed E-state index contributed by atoms with van der Waals surface area (Å²) < 4.78 is 0. The number of benzene rings is 1. The zero-order valence-electron chi connectivity index (χ0n) is 10.8. The van der Waals surface area contributed by atoms with Gasteiger partial charge in [0.15, 0.2) is 0 Å². The Kier molecular flexibility index (Phi) is 4.71. The van der Waals surface area contributed by atoms with Gasteiger partial charge in [-0.2, -0.15) is 11.3 Å². The van der Waals surface area contributed by atoms with Crippen LogP contribution in [-0.2, 0) is 11.2 Å².